The van der Waals surface area contributed by atoms with Crippen LogP contribution in [0.15, 0.2) is 0 Å². The van der Waals surface area contributed by atoms with Gasteiger partial charge in [0, 0.05) is 19.0 Å². The summed E-state index contributed by atoms with van der Waals surface area (Å²) < 4.78 is 0. The van der Waals surface area contributed by atoms with Crippen LogP contribution in [-0.2, 0) is 4.79 Å². The Balaban J connectivity index is 2.46. The molecule has 1 saturated carbocycles. The van der Waals surface area contributed by atoms with E-state index < -0.39 is 0 Å². The van der Waals surface area contributed by atoms with E-state index >= 15 is 0 Å². The number of amides is 1. The maximum Gasteiger partial charge on any atom is 0.222 e. The molecule has 3 nitrogen and oxygen atoms in total. The molecule has 14 heavy (non-hydrogen) atoms. The summed E-state index contributed by atoms with van der Waals surface area (Å²) in [5, 5.41) is 0. The summed E-state index contributed by atoms with van der Waals surface area (Å²) in [5.74, 6) is 0.297. The summed E-state index contributed by atoms with van der Waals surface area (Å²) in [5.41, 5.74) is 5.48. The Morgan fingerprint density at radius 1 is 1.43 bits per heavy atom. The number of carbonyl (C=O) groups is 1. The lowest BCUT2D eigenvalue weighted by Gasteiger charge is -2.28. The first kappa shape index (κ1) is 11.5. The summed E-state index contributed by atoms with van der Waals surface area (Å²) in [4.78, 5) is 13.7. The van der Waals surface area contributed by atoms with Crippen LogP contribution in [0.25, 0.3) is 0 Å². The highest BCUT2D eigenvalue weighted by atomic mass is 16.2. The van der Waals surface area contributed by atoms with E-state index in [9.17, 15) is 4.79 Å². The van der Waals surface area contributed by atoms with E-state index in [2.05, 4.69) is 4.90 Å². The van der Waals surface area contributed by atoms with Crippen LogP contribution < -0.4 is 5.73 Å². The molecule has 1 rings (SSSR count). The van der Waals surface area contributed by atoms with Gasteiger partial charge >= 0.3 is 0 Å². The van der Waals surface area contributed by atoms with Gasteiger partial charge in [0.15, 0.2) is 0 Å². The van der Waals surface area contributed by atoms with Gasteiger partial charge in [-0.25, -0.2) is 0 Å². The Hall–Kier alpha value is -0.570. The van der Waals surface area contributed by atoms with E-state index in [1.54, 1.807) is 0 Å². The molecule has 0 radical (unpaired) electrons. The van der Waals surface area contributed by atoms with Gasteiger partial charge in [-0.3, -0.25) is 4.79 Å². The van der Waals surface area contributed by atoms with E-state index in [0.29, 0.717) is 24.9 Å². The summed E-state index contributed by atoms with van der Waals surface area (Å²) in [6, 6.07) is 0.508. The third-order valence-electron chi connectivity index (χ3n) is 2.99. The fraction of sp³-hybridized carbons (Fsp3) is 0.909. The van der Waals surface area contributed by atoms with Crippen molar-refractivity contribution in [3.8, 4) is 0 Å². The molecule has 0 bridgehead atoms. The highest BCUT2D eigenvalue weighted by Gasteiger charge is 2.24. The molecule has 1 fully saturated rings. The predicted octanol–water partition coefficient (Wildman–Crippen LogP) is 1.52. The van der Waals surface area contributed by atoms with Gasteiger partial charge in [0.25, 0.3) is 0 Å². The quantitative estimate of drug-likeness (QED) is 0.728. The molecule has 82 valence electrons. The molecule has 2 N–H and O–H groups in total. The molecule has 0 aromatic carbocycles. The first-order valence-electron chi connectivity index (χ1n) is 5.79. The molecule has 0 heterocycles. The second-order valence-electron chi connectivity index (χ2n) is 4.02. The van der Waals surface area contributed by atoms with Crippen LogP contribution in [0.3, 0.4) is 0 Å². The lowest BCUT2D eigenvalue weighted by atomic mass is 10.2. The molecule has 0 unspecified atom stereocenters. The van der Waals surface area contributed by atoms with Crippen molar-refractivity contribution in [2.45, 2.75) is 51.5 Å². The van der Waals surface area contributed by atoms with Crippen LogP contribution in [0.1, 0.15) is 45.4 Å². The number of hydrogen-bond donors (Lipinski definition) is 1. The smallest absolute Gasteiger partial charge is 0.222 e. The third kappa shape index (κ3) is 2.98. The molecular formula is C11H22N2O. The van der Waals surface area contributed by atoms with Crippen LogP contribution in [0, 0.1) is 0 Å². The Labute approximate surface area is 86.6 Å². The van der Waals surface area contributed by atoms with E-state index in [-0.39, 0.29) is 0 Å². The molecule has 0 aliphatic heterocycles. The molecule has 1 aliphatic carbocycles. The average Bonchev–Trinajstić information content (AvgIpc) is 2.71. The van der Waals surface area contributed by atoms with Gasteiger partial charge < -0.3 is 10.6 Å². The largest absolute Gasteiger partial charge is 0.340 e. The van der Waals surface area contributed by atoms with E-state index in [0.717, 1.165) is 13.0 Å². The summed E-state index contributed by atoms with van der Waals surface area (Å²) in [6.07, 6.45) is 6.50. The van der Waals surface area contributed by atoms with Crippen molar-refractivity contribution in [2.75, 3.05) is 13.1 Å². The Morgan fingerprint density at radius 3 is 2.57 bits per heavy atom. The normalized spacial score (nSPS) is 17.3. The van der Waals surface area contributed by atoms with Crippen molar-refractivity contribution < 1.29 is 4.79 Å². The second kappa shape index (κ2) is 6.02. The van der Waals surface area contributed by atoms with Crippen LogP contribution in [0.4, 0.5) is 0 Å². The average molecular weight is 198 g/mol. The highest BCUT2D eigenvalue weighted by molar-refractivity contribution is 5.76. The van der Waals surface area contributed by atoms with Crippen LogP contribution in [0.5, 0.6) is 0 Å². The minimum absolute atomic E-state index is 0.297. The number of carbonyl (C=O) groups excluding carboxylic acids is 1. The van der Waals surface area contributed by atoms with Gasteiger partial charge in [0.05, 0.1) is 0 Å². The molecule has 0 saturated heterocycles. The van der Waals surface area contributed by atoms with Crippen LogP contribution in [-0.4, -0.2) is 29.9 Å². The highest BCUT2D eigenvalue weighted by Crippen LogP contribution is 2.24. The van der Waals surface area contributed by atoms with Crippen molar-refractivity contribution in [3.63, 3.8) is 0 Å². The first-order valence-corrected chi connectivity index (χ1v) is 5.79. The fourth-order valence-electron chi connectivity index (χ4n) is 2.19. The maximum absolute atomic E-state index is 11.7. The monoisotopic (exact) mass is 198 g/mol. The molecular weight excluding hydrogens is 176 g/mol. The summed E-state index contributed by atoms with van der Waals surface area (Å²) in [7, 11) is 0. The minimum atomic E-state index is 0.297. The third-order valence-corrected chi connectivity index (χ3v) is 2.99. The lowest BCUT2D eigenvalue weighted by Crippen LogP contribution is -2.39. The minimum Gasteiger partial charge on any atom is -0.340 e. The van der Waals surface area contributed by atoms with Gasteiger partial charge in [-0.05, 0) is 25.8 Å². The van der Waals surface area contributed by atoms with E-state index in [1.165, 1.54) is 25.7 Å². The van der Waals surface area contributed by atoms with E-state index in [4.69, 9.17) is 5.73 Å². The topological polar surface area (TPSA) is 46.3 Å². The molecule has 0 atom stereocenters. The molecule has 0 aromatic rings. The predicted molar refractivity (Wildman–Crippen MR) is 57.9 cm³/mol. The summed E-state index contributed by atoms with van der Waals surface area (Å²) >= 11 is 0. The van der Waals surface area contributed by atoms with Crippen LogP contribution >= 0.6 is 0 Å². The zero-order valence-corrected chi connectivity index (χ0v) is 9.17. The Kier molecular flexibility index (Phi) is 4.94. The Bertz CT molecular complexity index is 176. The molecule has 1 aliphatic rings. The van der Waals surface area contributed by atoms with Crippen molar-refractivity contribution in [3.05, 3.63) is 0 Å². The molecule has 0 spiro atoms. The SMILES string of the molecule is CCC(=O)N(CCCN)C1CCCC1. The van der Waals surface area contributed by atoms with Crippen LogP contribution in [0.2, 0.25) is 0 Å². The fourth-order valence-corrected chi connectivity index (χ4v) is 2.19. The van der Waals surface area contributed by atoms with Gasteiger partial charge in [-0.1, -0.05) is 19.8 Å². The second-order valence-corrected chi connectivity index (χ2v) is 4.02. The van der Waals surface area contributed by atoms with Gasteiger partial charge in [0.1, 0.15) is 0 Å². The van der Waals surface area contributed by atoms with Gasteiger partial charge in [-0.15, -0.1) is 0 Å². The number of hydrogen-bond acceptors (Lipinski definition) is 2. The zero-order valence-electron chi connectivity index (χ0n) is 9.17. The number of rotatable bonds is 5. The summed E-state index contributed by atoms with van der Waals surface area (Å²) in [6.45, 7) is 3.47. The molecule has 3 heteroatoms. The molecule has 1 amide bonds. The Morgan fingerprint density at radius 2 is 2.07 bits per heavy atom. The first-order chi connectivity index (χ1) is 6.79. The van der Waals surface area contributed by atoms with Crippen molar-refractivity contribution in [1.82, 2.24) is 4.90 Å². The van der Waals surface area contributed by atoms with Crippen molar-refractivity contribution in [1.29, 1.82) is 0 Å². The number of nitrogens with two attached hydrogens (primary N) is 1. The zero-order chi connectivity index (χ0) is 10.4. The lowest BCUT2D eigenvalue weighted by molar-refractivity contribution is -0.133. The van der Waals surface area contributed by atoms with Crippen molar-refractivity contribution >= 4 is 5.91 Å². The maximum atomic E-state index is 11.7. The molecule has 0 aromatic heterocycles. The van der Waals surface area contributed by atoms with Gasteiger partial charge in [0.2, 0.25) is 5.91 Å². The van der Waals surface area contributed by atoms with E-state index in [1.807, 2.05) is 6.92 Å². The van der Waals surface area contributed by atoms with Gasteiger partial charge in [-0.2, -0.15) is 0 Å². The van der Waals surface area contributed by atoms with Crippen molar-refractivity contribution in [2.24, 2.45) is 5.73 Å². The number of nitrogens with zero attached hydrogens (tertiary/aromatic N) is 1. The standard InChI is InChI=1S/C11H22N2O/c1-2-11(14)13(9-5-8-12)10-6-3-4-7-10/h10H,2-9,12H2,1H3.